The second-order valence-corrected chi connectivity index (χ2v) is 7.47. The fraction of sp³-hybridized carbons (Fsp3) is 0.263. The molecule has 0 spiro atoms. The molecule has 2 heterocycles. The van der Waals surface area contributed by atoms with Crippen LogP contribution in [0.1, 0.15) is 27.7 Å². The van der Waals surface area contributed by atoms with Crippen LogP contribution in [0.5, 0.6) is 5.75 Å². The van der Waals surface area contributed by atoms with Crippen molar-refractivity contribution in [2.24, 2.45) is 0 Å². The Balaban J connectivity index is 1.54. The lowest BCUT2D eigenvalue weighted by Crippen LogP contribution is -2.35. The summed E-state index contributed by atoms with van der Waals surface area (Å²) in [5.41, 5.74) is 1.95. The van der Waals surface area contributed by atoms with Crippen molar-refractivity contribution in [3.05, 3.63) is 69.1 Å². The molecule has 3 aromatic rings. The monoisotopic (exact) mass is 389 g/mol. The molecule has 1 amide bonds. The van der Waals surface area contributed by atoms with E-state index in [0.29, 0.717) is 23.1 Å². The number of hydrogen-bond donors (Lipinski definition) is 1. The Kier molecular flexibility index (Phi) is 5.96. The van der Waals surface area contributed by atoms with Crippen molar-refractivity contribution in [2.45, 2.75) is 33.0 Å². The van der Waals surface area contributed by atoms with E-state index in [0.717, 1.165) is 16.9 Å². The van der Waals surface area contributed by atoms with Crippen LogP contribution in [0.15, 0.2) is 48.1 Å². The summed E-state index contributed by atoms with van der Waals surface area (Å²) in [4.78, 5) is 13.0. The second-order valence-electron chi connectivity index (χ2n) is 6.12. The standard InChI is InChI=1S/C19H20ClN3O2S/c1-13-8-16(20)4-5-17(13)25-11-15-9-18(26-12-15)19(24)22-14(2)10-23-7-3-6-21-23/h3-9,12,14H,10-11H2,1-2H3,(H,22,24). The van der Waals surface area contributed by atoms with Crippen LogP contribution < -0.4 is 10.1 Å². The van der Waals surface area contributed by atoms with Crippen LogP contribution in [0.2, 0.25) is 5.02 Å². The molecular formula is C19H20ClN3O2S. The molecule has 136 valence electrons. The topological polar surface area (TPSA) is 56.1 Å². The van der Waals surface area contributed by atoms with Crippen LogP contribution in [-0.4, -0.2) is 21.7 Å². The van der Waals surface area contributed by atoms with Gasteiger partial charge in [-0.3, -0.25) is 9.48 Å². The molecule has 0 saturated heterocycles. The van der Waals surface area contributed by atoms with Gasteiger partial charge in [-0.2, -0.15) is 5.10 Å². The molecule has 0 fully saturated rings. The fourth-order valence-corrected chi connectivity index (χ4v) is 3.56. The normalized spacial score (nSPS) is 12.0. The zero-order valence-electron chi connectivity index (χ0n) is 14.6. The lowest BCUT2D eigenvalue weighted by Gasteiger charge is -2.13. The minimum atomic E-state index is -0.0800. The van der Waals surface area contributed by atoms with Gasteiger partial charge in [0.15, 0.2) is 0 Å². The number of ether oxygens (including phenoxy) is 1. The minimum absolute atomic E-state index is 0.0130. The van der Waals surface area contributed by atoms with E-state index in [4.69, 9.17) is 16.3 Å². The average Bonchev–Trinajstić information content (AvgIpc) is 3.25. The number of amides is 1. The lowest BCUT2D eigenvalue weighted by atomic mass is 10.2. The molecule has 1 N–H and O–H groups in total. The van der Waals surface area contributed by atoms with Gasteiger partial charge >= 0.3 is 0 Å². The summed E-state index contributed by atoms with van der Waals surface area (Å²) in [6.07, 6.45) is 3.60. The van der Waals surface area contributed by atoms with E-state index in [2.05, 4.69) is 10.4 Å². The van der Waals surface area contributed by atoms with Gasteiger partial charge in [-0.1, -0.05) is 11.6 Å². The second kappa shape index (κ2) is 8.38. The predicted molar refractivity (Wildman–Crippen MR) is 104 cm³/mol. The first-order chi connectivity index (χ1) is 12.5. The van der Waals surface area contributed by atoms with Gasteiger partial charge in [-0.15, -0.1) is 11.3 Å². The maximum Gasteiger partial charge on any atom is 0.261 e. The first kappa shape index (κ1) is 18.5. The molecular weight excluding hydrogens is 370 g/mol. The number of rotatable bonds is 7. The SMILES string of the molecule is Cc1cc(Cl)ccc1OCc1csc(C(=O)NC(C)Cn2cccn2)c1. The van der Waals surface area contributed by atoms with Crippen molar-refractivity contribution in [1.82, 2.24) is 15.1 Å². The first-order valence-corrected chi connectivity index (χ1v) is 9.51. The maximum absolute atomic E-state index is 12.4. The van der Waals surface area contributed by atoms with Crippen LogP contribution in [-0.2, 0) is 13.2 Å². The van der Waals surface area contributed by atoms with Crippen molar-refractivity contribution in [1.29, 1.82) is 0 Å². The Bertz CT molecular complexity index is 877. The Morgan fingerprint density at radius 2 is 2.27 bits per heavy atom. The molecule has 26 heavy (non-hydrogen) atoms. The predicted octanol–water partition coefficient (Wildman–Crippen LogP) is 4.30. The molecule has 0 aliphatic carbocycles. The van der Waals surface area contributed by atoms with E-state index in [9.17, 15) is 4.79 Å². The molecule has 0 radical (unpaired) electrons. The Morgan fingerprint density at radius 1 is 1.42 bits per heavy atom. The Labute approximate surface area is 161 Å². The number of nitrogens with zero attached hydrogens (tertiary/aromatic N) is 2. The Morgan fingerprint density at radius 3 is 3.00 bits per heavy atom. The van der Waals surface area contributed by atoms with E-state index in [1.54, 1.807) is 16.9 Å². The van der Waals surface area contributed by atoms with Crippen LogP contribution in [0.25, 0.3) is 0 Å². The van der Waals surface area contributed by atoms with E-state index < -0.39 is 0 Å². The fourth-order valence-electron chi connectivity index (χ4n) is 2.54. The summed E-state index contributed by atoms with van der Waals surface area (Å²) in [6, 6.07) is 9.24. The number of carbonyl (C=O) groups is 1. The third-order valence-corrected chi connectivity index (χ3v) is 5.02. The van der Waals surface area contributed by atoms with Crippen LogP contribution in [0.4, 0.5) is 0 Å². The number of carbonyl (C=O) groups excluding carboxylic acids is 1. The van der Waals surface area contributed by atoms with Gasteiger partial charge in [0.05, 0.1) is 11.4 Å². The Hall–Kier alpha value is -2.31. The van der Waals surface area contributed by atoms with E-state index >= 15 is 0 Å². The van der Waals surface area contributed by atoms with Crippen LogP contribution in [0.3, 0.4) is 0 Å². The molecule has 3 rings (SSSR count). The zero-order chi connectivity index (χ0) is 18.5. The quantitative estimate of drug-likeness (QED) is 0.655. The zero-order valence-corrected chi connectivity index (χ0v) is 16.2. The molecule has 5 nitrogen and oxygen atoms in total. The van der Waals surface area contributed by atoms with Gasteiger partial charge in [0.1, 0.15) is 12.4 Å². The van der Waals surface area contributed by atoms with Crippen molar-refractivity contribution < 1.29 is 9.53 Å². The number of nitrogens with one attached hydrogen (secondary N) is 1. The molecule has 0 bridgehead atoms. The van der Waals surface area contributed by atoms with E-state index in [1.807, 2.05) is 49.7 Å². The van der Waals surface area contributed by atoms with Crippen LogP contribution >= 0.6 is 22.9 Å². The number of aryl methyl sites for hydroxylation is 1. The lowest BCUT2D eigenvalue weighted by molar-refractivity contribution is 0.0940. The number of benzene rings is 1. The number of halogens is 1. The van der Waals surface area contributed by atoms with Gasteiger partial charge in [0.2, 0.25) is 0 Å². The average molecular weight is 390 g/mol. The van der Waals surface area contributed by atoms with Gasteiger partial charge in [0, 0.05) is 29.0 Å². The summed E-state index contributed by atoms with van der Waals surface area (Å²) in [7, 11) is 0. The summed E-state index contributed by atoms with van der Waals surface area (Å²) < 4.78 is 7.63. The summed E-state index contributed by atoms with van der Waals surface area (Å²) in [6.45, 7) is 4.96. The highest BCUT2D eigenvalue weighted by Crippen LogP contribution is 2.23. The van der Waals surface area contributed by atoms with Crippen LogP contribution in [0, 0.1) is 6.92 Å². The van der Waals surface area contributed by atoms with Gasteiger partial charge < -0.3 is 10.1 Å². The molecule has 1 atom stereocenters. The minimum Gasteiger partial charge on any atom is -0.489 e. The smallest absolute Gasteiger partial charge is 0.261 e. The number of aromatic nitrogens is 2. The third kappa shape index (κ3) is 4.86. The third-order valence-electron chi connectivity index (χ3n) is 3.81. The summed E-state index contributed by atoms with van der Waals surface area (Å²) >= 11 is 7.37. The van der Waals surface area contributed by atoms with E-state index in [1.165, 1.54) is 11.3 Å². The number of hydrogen-bond acceptors (Lipinski definition) is 4. The molecule has 0 aliphatic heterocycles. The molecule has 1 aromatic carbocycles. The van der Waals surface area contributed by atoms with Gasteiger partial charge in [-0.05, 0) is 55.1 Å². The van der Waals surface area contributed by atoms with Crippen molar-refractivity contribution in [2.75, 3.05) is 0 Å². The van der Waals surface area contributed by atoms with E-state index in [-0.39, 0.29) is 11.9 Å². The molecule has 2 aromatic heterocycles. The van der Waals surface area contributed by atoms with Crippen molar-refractivity contribution >= 4 is 28.8 Å². The maximum atomic E-state index is 12.4. The van der Waals surface area contributed by atoms with Crippen molar-refractivity contribution in [3.8, 4) is 5.75 Å². The summed E-state index contributed by atoms with van der Waals surface area (Å²) in [5, 5.41) is 9.77. The highest BCUT2D eigenvalue weighted by molar-refractivity contribution is 7.12. The van der Waals surface area contributed by atoms with Gasteiger partial charge in [-0.25, -0.2) is 0 Å². The van der Waals surface area contributed by atoms with Gasteiger partial charge in [0.25, 0.3) is 5.91 Å². The number of thiophene rings is 1. The summed E-state index contributed by atoms with van der Waals surface area (Å²) in [5.74, 6) is 0.711. The van der Waals surface area contributed by atoms with Crippen molar-refractivity contribution in [3.63, 3.8) is 0 Å². The highest BCUT2D eigenvalue weighted by Gasteiger charge is 2.13. The molecule has 0 aliphatic rings. The first-order valence-electron chi connectivity index (χ1n) is 8.26. The largest absolute Gasteiger partial charge is 0.489 e. The molecule has 7 heteroatoms. The molecule has 0 saturated carbocycles. The highest BCUT2D eigenvalue weighted by atomic mass is 35.5. The molecule has 1 unspecified atom stereocenters.